The van der Waals surface area contributed by atoms with E-state index >= 15 is 0 Å². The molecule has 0 amide bonds. The molecular weight excluding hydrogens is 402 g/mol. The minimum absolute atomic E-state index is 0.0928. The summed E-state index contributed by atoms with van der Waals surface area (Å²) in [5.74, 6) is 0. The summed E-state index contributed by atoms with van der Waals surface area (Å²) in [6.07, 6.45) is 7.67. The summed E-state index contributed by atoms with van der Waals surface area (Å²) < 4.78 is 2.71. The number of hydrazone groups is 1. The maximum absolute atomic E-state index is 10.8. The number of benzene rings is 2. The molecule has 7 nitrogen and oxygen atoms in total. The molecule has 1 atom stereocenters. The van der Waals surface area contributed by atoms with Gasteiger partial charge in [0.1, 0.15) is 0 Å². The quantitative estimate of drug-likeness (QED) is 0.439. The molecule has 32 heavy (non-hydrogen) atoms. The lowest BCUT2D eigenvalue weighted by Crippen LogP contribution is -2.46. The average molecular weight is 430 g/mol. The molecule has 3 aromatic rings. The maximum atomic E-state index is 10.8. The van der Waals surface area contributed by atoms with Crippen molar-refractivity contribution in [3.8, 4) is 0 Å². The fraction of sp³-hybridized carbons (Fsp3) is 0.400. The first-order chi connectivity index (χ1) is 15.6. The molecule has 1 aliphatic carbocycles. The van der Waals surface area contributed by atoms with Gasteiger partial charge in [0.25, 0.3) is 5.69 Å². The van der Waals surface area contributed by atoms with Gasteiger partial charge in [-0.3, -0.25) is 15.5 Å². The summed E-state index contributed by atoms with van der Waals surface area (Å²) in [5, 5.41) is 20.7. The van der Waals surface area contributed by atoms with Crippen molar-refractivity contribution in [2.45, 2.75) is 56.5 Å². The zero-order valence-electron chi connectivity index (χ0n) is 18.0. The lowest BCUT2D eigenvalue weighted by molar-refractivity contribution is -0.384. The summed E-state index contributed by atoms with van der Waals surface area (Å²) in [4.78, 5) is 10.4. The van der Waals surface area contributed by atoms with Crippen molar-refractivity contribution in [1.29, 1.82) is 0 Å². The number of anilines is 1. The number of nitrogens with one attached hydrogen (secondary N) is 2. The second kappa shape index (κ2) is 7.45. The highest BCUT2D eigenvalue weighted by atomic mass is 16.6. The first-order valence-electron chi connectivity index (χ1n) is 11.6. The minimum atomic E-state index is -0.385. The molecule has 3 aliphatic rings. The molecular formula is C25H27N5O2. The normalized spacial score (nSPS) is 24.4. The summed E-state index contributed by atoms with van der Waals surface area (Å²) in [6, 6.07) is 15.9. The fourth-order valence-electron chi connectivity index (χ4n) is 6.09. The van der Waals surface area contributed by atoms with Crippen LogP contribution in [-0.2, 0) is 12.0 Å². The molecule has 2 aromatic carbocycles. The topological polar surface area (TPSA) is 84.5 Å². The Balaban J connectivity index is 1.26. The second-order valence-corrected chi connectivity index (χ2v) is 9.33. The number of hydrogen-bond acceptors (Lipinski definition) is 5. The van der Waals surface area contributed by atoms with Crippen LogP contribution in [0.5, 0.6) is 0 Å². The van der Waals surface area contributed by atoms with Crippen molar-refractivity contribution in [1.82, 2.24) is 9.88 Å². The Hall–Kier alpha value is -3.19. The smallest absolute Gasteiger partial charge is 0.269 e. The maximum Gasteiger partial charge on any atom is 0.269 e. The fourth-order valence-corrected chi connectivity index (χ4v) is 6.09. The molecule has 0 saturated heterocycles. The van der Waals surface area contributed by atoms with Crippen LogP contribution >= 0.6 is 0 Å². The zero-order valence-corrected chi connectivity index (χ0v) is 18.0. The number of fused-ring (bicyclic) bond motifs is 4. The Labute approximate surface area is 186 Å². The van der Waals surface area contributed by atoms with E-state index in [4.69, 9.17) is 0 Å². The number of aromatic nitrogens is 1. The lowest BCUT2D eigenvalue weighted by Gasteiger charge is -2.47. The molecule has 1 saturated carbocycles. The first kappa shape index (κ1) is 19.5. The third-order valence-corrected chi connectivity index (χ3v) is 7.67. The lowest BCUT2D eigenvalue weighted by atomic mass is 9.73. The predicted octanol–water partition coefficient (Wildman–Crippen LogP) is 5.27. The van der Waals surface area contributed by atoms with Crippen LogP contribution in [0.4, 0.5) is 11.4 Å². The Kier molecular flexibility index (Phi) is 4.54. The predicted molar refractivity (Wildman–Crippen MR) is 126 cm³/mol. The highest BCUT2D eigenvalue weighted by Crippen LogP contribution is 2.50. The van der Waals surface area contributed by atoms with E-state index in [2.05, 4.69) is 44.7 Å². The van der Waals surface area contributed by atoms with Crippen molar-refractivity contribution >= 4 is 28.0 Å². The van der Waals surface area contributed by atoms with E-state index < -0.39 is 0 Å². The number of non-ortho nitro benzene ring substituents is 1. The van der Waals surface area contributed by atoms with Crippen molar-refractivity contribution in [3.63, 3.8) is 0 Å². The molecule has 2 aliphatic heterocycles. The Morgan fingerprint density at radius 2 is 1.84 bits per heavy atom. The second-order valence-electron chi connectivity index (χ2n) is 9.33. The van der Waals surface area contributed by atoms with Crippen molar-refractivity contribution < 1.29 is 4.92 Å². The average Bonchev–Trinajstić information content (AvgIpc) is 3.18. The van der Waals surface area contributed by atoms with Gasteiger partial charge in [-0.1, -0.05) is 18.2 Å². The van der Waals surface area contributed by atoms with Crippen LogP contribution in [0, 0.1) is 10.1 Å². The van der Waals surface area contributed by atoms with E-state index in [1.807, 2.05) is 0 Å². The molecule has 1 fully saturated rings. The Bertz CT molecular complexity index is 1220. The molecule has 1 aromatic heterocycles. The van der Waals surface area contributed by atoms with Crippen molar-refractivity contribution in [2.75, 3.05) is 12.0 Å². The Morgan fingerprint density at radius 1 is 1.06 bits per heavy atom. The molecule has 6 rings (SSSR count). The van der Waals surface area contributed by atoms with Gasteiger partial charge in [-0.15, -0.1) is 0 Å². The van der Waals surface area contributed by atoms with Gasteiger partial charge in [-0.25, -0.2) is 0 Å². The first-order valence-corrected chi connectivity index (χ1v) is 11.6. The molecule has 1 spiro atoms. The number of nitro benzene ring substituents is 1. The van der Waals surface area contributed by atoms with Crippen LogP contribution in [0.3, 0.4) is 0 Å². The van der Waals surface area contributed by atoms with Gasteiger partial charge >= 0.3 is 0 Å². The summed E-state index contributed by atoms with van der Waals surface area (Å²) >= 11 is 0. The van der Waals surface area contributed by atoms with Gasteiger partial charge < -0.3 is 9.88 Å². The van der Waals surface area contributed by atoms with Crippen molar-refractivity contribution in [2.24, 2.45) is 5.10 Å². The summed E-state index contributed by atoms with van der Waals surface area (Å²) in [6.45, 7) is 1.07. The SMILES string of the molecule is O=[N+]([O-])c1ccc(NN=C2CCC3(CC2)CC[C@@H]2NCCc4c2n3c2ccccc42)cc1. The molecule has 2 N–H and O–H groups in total. The van der Waals surface area contributed by atoms with Crippen LogP contribution in [0.15, 0.2) is 53.6 Å². The van der Waals surface area contributed by atoms with Crippen molar-refractivity contribution in [3.05, 3.63) is 69.9 Å². The van der Waals surface area contributed by atoms with Gasteiger partial charge in [0.15, 0.2) is 0 Å². The van der Waals surface area contributed by atoms with Gasteiger partial charge in [-0.05, 0) is 75.3 Å². The molecule has 7 heteroatoms. The van der Waals surface area contributed by atoms with Crippen LogP contribution in [0.25, 0.3) is 10.9 Å². The minimum Gasteiger partial charge on any atom is -0.337 e. The van der Waals surface area contributed by atoms with E-state index in [-0.39, 0.29) is 16.1 Å². The molecule has 0 bridgehead atoms. The third-order valence-electron chi connectivity index (χ3n) is 7.67. The van der Waals surface area contributed by atoms with Gasteiger partial charge in [0.2, 0.25) is 0 Å². The molecule has 3 heterocycles. The molecule has 164 valence electrons. The largest absolute Gasteiger partial charge is 0.337 e. The van der Waals surface area contributed by atoms with E-state index in [0.717, 1.165) is 44.3 Å². The van der Waals surface area contributed by atoms with Gasteiger partial charge in [0, 0.05) is 46.0 Å². The number of para-hydroxylation sites is 1. The van der Waals surface area contributed by atoms with Crippen LogP contribution < -0.4 is 10.7 Å². The van der Waals surface area contributed by atoms with Gasteiger partial charge in [-0.2, -0.15) is 5.10 Å². The standard InChI is InChI=1S/C25H27N5O2/c31-30(32)19-7-5-17(6-8-19)27-28-18-9-13-25(14-10-18)15-11-22-24-21(12-16-26-22)20-3-1-2-4-23(20)29(24)25/h1-8,22,26-27H,9-16H2/t22-,25?/m0/s1. The van der Waals surface area contributed by atoms with Crippen LogP contribution in [0.2, 0.25) is 0 Å². The number of nitrogens with zero attached hydrogens (tertiary/aromatic N) is 3. The zero-order chi connectivity index (χ0) is 21.7. The van der Waals surface area contributed by atoms with Crippen LogP contribution in [0.1, 0.15) is 55.8 Å². The number of rotatable bonds is 3. The number of nitro groups is 1. The highest BCUT2D eigenvalue weighted by molar-refractivity contribution is 5.88. The molecule has 0 radical (unpaired) electrons. The molecule has 0 unspecified atom stereocenters. The van der Waals surface area contributed by atoms with E-state index in [9.17, 15) is 10.1 Å². The summed E-state index contributed by atoms with van der Waals surface area (Å²) in [5.41, 5.74) is 9.82. The summed E-state index contributed by atoms with van der Waals surface area (Å²) in [7, 11) is 0. The van der Waals surface area contributed by atoms with E-state index in [0.29, 0.717) is 6.04 Å². The van der Waals surface area contributed by atoms with E-state index in [1.165, 1.54) is 47.3 Å². The monoisotopic (exact) mass is 429 g/mol. The Morgan fingerprint density at radius 3 is 2.62 bits per heavy atom. The van der Waals surface area contributed by atoms with Crippen LogP contribution in [-0.4, -0.2) is 21.7 Å². The van der Waals surface area contributed by atoms with E-state index in [1.54, 1.807) is 17.7 Å². The third kappa shape index (κ3) is 3.03. The number of hydrogen-bond donors (Lipinski definition) is 2. The van der Waals surface area contributed by atoms with Gasteiger partial charge in [0.05, 0.1) is 10.6 Å². The highest BCUT2D eigenvalue weighted by Gasteiger charge is 2.44.